The molecule has 2 unspecified atom stereocenters. The second-order valence-electron chi connectivity index (χ2n) is 9.41. The molecule has 33 heavy (non-hydrogen) atoms. The number of ether oxygens (including phenoxy) is 1. The normalized spacial score (nSPS) is 13.0. The minimum Gasteiger partial charge on any atom is -0.444 e. The summed E-state index contributed by atoms with van der Waals surface area (Å²) in [7, 11) is 0. The number of nitrogens with one attached hydrogen (secondary N) is 2. The standard InChI is InChI=1S/C24H32N4O4S/c1-8-16-9-11-17(12-10-16)19(20(29)27-23(2,3)4)28(14-13-25)21(30)18(15-33)26-22(31)32-24(5,6)7/h1,9-12,18-19,33H,14-15H2,2-7H3,(H,26,31)(H,27,29). The van der Waals surface area contributed by atoms with Gasteiger partial charge < -0.3 is 20.3 Å². The van der Waals surface area contributed by atoms with Gasteiger partial charge in [0.15, 0.2) is 0 Å². The molecule has 178 valence electrons. The van der Waals surface area contributed by atoms with Crippen LogP contribution in [-0.2, 0) is 14.3 Å². The van der Waals surface area contributed by atoms with Crippen LogP contribution in [0.15, 0.2) is 24.3 Å². The smallest absolute Gasteiger partial charge is 0.408 e. The Labute approximate surface area is 201 Å². The lowest BCUT2D eigenvalue weighted by molar-refractivity contribution is -0.141. The molecule has 0 aromatic heterocycles. The fourth-order valence-corrected chi connectivity index (χ4v) is 3.13. The number of nitriles is 1. The second kappa shape index (κ2) is 11.6. The maximum absolute atomic E-state index is 13.4. The molecule has 8 nitrogen and oxygen atoms in total. The predicted octanol–water partition coefficient (Wildman–Crippen LogP) is 2.80. The Kier molecular flexibility index (Phi) is 9.81. The van der Waals surface area contributed by atoms with Gasteiger partial charge in [-0.3, -0.25) is 9.59 Å². The van der Waals surface area contributed by atoms with Gasteiger partial charge in [-0.15, -0.1) is 6.42 Å². The van der Waals surface area contributed by atoms with Crippen molar-refractivity contribution in [2.45, 2.75) is 64.8 Å². The fourth-order valence-electron chi connectivity index (χ4n) is 2.88. The van der Waals surface area contributed by atoms with E-state index in [1.807, 2.05) is 6.07 Å². The number of benzene rings is 1. The van der Waals surface area contributed by atoms with E-state index in [0.29, 0.717) is 11.1 Å². The Morgan fingerprint density at radius 2 is 1.73 bits per heavy atom. The molecule has 3 amide bonds. The van der Waals surface area contributed by atoms with E-state index in [-0.39, 0.29) is 5.75 Å². The molecule has 0 saturated carbocycles. The van der Waals surface area contributed by atoms with Gasteiger partial charge in [0.05, 0.1) is 6.07 Å². The Bertz CT molecular complexity index is 934. The highest BCUT2D eigenvalue weighted by atomic mass is 32.1. The average molecular weight is 473 g/mol. The lowest BCUT2D eigenvalue weighted by atomic mass is 9.99. The van der Waals surface area contributed by atoms with Gasteiger partial charge in [0.25, 0.3) is 0 Å². The summed E-state index contributed by atoms with van der Waals surface area (Å²) in [4.78, 5) is 40.0. The molecule has 9 heteroatoms. The van der Waals surface area contributed by atoms with Crippen LogP contribution in [0.3, 0.4) is 0 Å². The Balaban J connectivity index is 3.39. The van der Waals surface area contributed by atoms with Crippen molar-refractivity contribution < 1.29 is 19.1 Å². The van der Waals surface area contributed by atoms with Crippen LogP contribution in [0.5, 0.6) is 0 Å². The van der Waals surface area contributed by atoms with Crippen LogP contribution in [-0.4, -0.2) is 52.3 Å². The number of carbonyl (C=O) groups is 3. The minimum atomic E-state index is -1.13. The molecule has 0 aliphatic rings. The molecular formula is C24H32N4O4S. The summed E-state index contributed by atoms with van der Waals surface area (Å²) in [6, 6.07) is 6.25. The number of alkyl carbamates (subject to hydrolysis) is 1. The number of thiol groups is 1. The largest absolute Gasteiger partial charge is 0.444 e. The lowest BCUT2D eigenvalue weighted by Crippen LogP contribution is -2.55. The van der Waals surface area contributed by atoms with Crippen LogP contribution in [0.4, 0.5) is 4.79 Å². The van der Waals surface area contributed by atoms with Gasteiger partial charge in [-0.05, 0) is 59.2 Å². The third-order valence-electron chi connectivity index (χ3n) is 4.15. The van der Waals surface area contributed by atoms with Crippen molar-refractivity contribution in [3.05, 3.63) is 35.4 Å². The second-order valence-corrected chi connectivity index (χ2v) is 9.78. The molecule has 0 aliphatic heterocycles. The van der Waals surface area contributed by atoms with Crippen LogP contribution < -0.4 is 10.6 Å². The first-order valence-corrected chi connectivity index (χ1v) is 11.0. The first kappa shape index (κ1) is 27.9. The van der Waals surface area contributed by atoms with E-state index >= 15 is 0 Å². The van der Waals surface area contributed by atoms with Crippen LogP contribution in [0.25, 0.3) is 0 Å². The molecule has 1 aromatic rings. The van der Waals surface area contributed by atoms with Crippen molar-refractivity contribution in [1.29, 1.82) is 5.26 Å². The fraction of sp³-hybridized carbons (Fsp3) is 0.500. The first-order chi connectivity index (χ1) is 15.2. The number of hydrogen-bond donors (Lipinski definition) is 3. The predicted molar refractivity (Wildman–Crippen MR) is 129 cm³/mol. The molecule has 2 atom stereocenters. The van der Waals surface area contributed by atoms with Crippen molar-refractivity contribution in [2.75, 3.05) is 12.3 Å². The quantitative estimate of drug-likeness (QED) is 0.321. The van der Waals surface area contributed by atoms with Crippen molar-refractivity contribution in [2.24, 2.45) is 0 Å². The summed E-state index contributed by atoms with van der Waals surface area (Å²) >= 11 is 4.18. The number of amides is 3. The van der Waals surface area contributed by atoms with Gasteiger partial charge in [0, 0.05) is 16.9 Å². The molecule has 0 spiro atoms. The molecule has 2 N–H and O–H groups in total. The number of carbonyl (C=O) groups excluding carboxylic acids is 3. The van der Waals surface area contributed by atoms with Crippen LogP contribution in [0.1, 0.15) is 58.7 Å². The van der Waals surface area contributed by atoms with Crippen molar-refractivity contribution >= 4 is 30.5 Å². The number of rotatable bonds is 7. The first-order valence-electron chi connectivity index (χ1n) is 10.4. The Morgan fingerprint density at radius 3 is 2.15 bits per heavy atom. The number of terminal acetylenes is 1. The maximum atomic E-state index is 13.4. The van der Waals surface area contributed by atoms with Gasteiger partial charge in [-0.2, -0.15) is 17.9 Å². The lowest BCUT2D eigenvalue weighted by Gasteiger charge is -2.34. The molecule has 0 aliphatic carbocycles. The number of hydrogen-bond acceptors (Lipinski definition) is 6. The molecule has 0 saturated heterocycles. The summed E-state index contributed by atoms with van der Waals surface area (Å²) in [6.07, 6.45) is 4.62. The molecule has 1 rings (SSSR count). The highest BCUT2D eigenvalue weighted by Crippen LogP contribution is 2.24. The van der Waals surface area contributed by atoms with E-state index in [1.54, 1.807) is 65.8 Å². The van der Waals surface area contributed by atoms with E-state index in [4.69, 9.17) is 11.2 Å². The SMILES string of the molecule is C#Cc1ccc(C(C(=O)NC(C)(C)C)N(CC#N)C(=O)C(CS)NC(=O)OC(C)(C)C)cc1. The average Bonchev–Trinajstić information content (AvgIpc) is 2.69. The van der Waals surface area contributed by atoms with Gasteiger partial charge >= 0.3 is 6.09 Å². The number of nitrogens with zero attached hydrogens (tertiary/aromatic N) is 2. The monoisotopic (exact) mass is 472 g/mol. The summed E-state index contributed by atoms with van der Waals surface area (Å²) in [5.41, 5.74) is -0.289. The van der Waals surface area contributed by atoms with Crippen LogP contribution in [0, 0.1) is 23.7 Å². The maximum Gasteiger partial charge on any atom is 0.408 e. The third-order valence-corrected chi connectivity index (χ3v) is 4.51. The van der Waals surface area contributed by atoms with E-state index in [2.05, 4.69) is 29.2 Å². The topological polar surface area (TPSA) is 112 Å². The summed E-state index contributed by atoms with van der Waals surface area (Å²) < 4.78 is 5.23. The van der Waals surface area contributed by atoms with Crippen molar-refractivity contribution in [3.8, 4) is 18.4 Å². The molecular weight excluding hydrogens is 440 g/mol. The highest BCUT2D eigenvalue weighted by molar-refractivity contribution is 7.80. The van der Waals surface area contributed by atoms with Crippen molar-refractivity contribution in [1.82, 2.24) is 15.5 Å². The molecule has 0 fully saturated rings. The van der Waals surface area contributed by atoms with Gasteiger partial charge in [0.2, 0.25) is 11.8 Å². The van der Waals surface area contributed by atoms with E-state index in [1.165, 1.54) is 0 Å². The summed E-state index contributed by atoms with van der Waals surface area (Å²) in [5.74, 6) is 1.31. The van der Waals surface area contributed by atoms with Gasteiger partial charge in [0.1, 0.15) is 24.2 Å². The highest BCUT2D eigenvalue weighted by Gasteiger charge is 2.36. The van der Waals surface area contributed by atoms with Gasteiger partial charge in [-0.1, -0.05) is 18.1 Å². The van der Waals surface area contributed by atoms with Crippen LogP contribution >= 0.6 is 12.6 Å². The van der Waals surface area contributed by atoms with E-state index < -0.39 is 47.7 Å². The Hall–Kier alpha value is -3.17. The molecule has 0 radical (unpaired) electrons. The van der Waals surface area contributed by atoms with E-state index in [0.717, 1.165) is 4.90 Å². The summed E-state index contributed by atoms with van der Waals surface area (Å²) in [6.45, 7) is 10.1. The molecule has 1 aromatic carbocycles. The molecule has 0 bridgehead atoms. The minimum absolute atomic E-state index is 0.0658. The zero-order valence-electron chi connectivity index (χ0n) is 19.9. The van der Waals surface area contributed by atoms with E-state index in [9.17, 15) is 19.6 Å². The zero-order valence-corrected chi connectivity index (χ0v) is 20.8. The summed E-state index contributed by atoms with van der Waals surface area (Å²) in [5, 5.41) is 14.8. The van der Waals surface area contributed by atoms with Crippen LogP contribution in [0.2, 0.25) is 0 Å². The van der Waals surface area contributed by atoms with Gasteiger partial charge in [-0.25, -0.2) is 4.79 Å². The molecule has 0 heterocycles. The third kappa shape index (κ3) is 9.07. The Morgan fingerprint density at radius 1 is 1.15 bits per heavy atom. The zero-order chi connectivity index (χ0) is 25.4. The van der Waals surface area contributed by atoms with Crippen molar-refractivity contribution in [3.63, 3.8) is 0 Å².